The Kier molecular flexibility index (Phi) is 5.85. The molecule has 0 aromatic carbocycles. The lowest BCUT2D eigenvalue weighted by molar-refractivity contribution is -0.140. The number of carbonyl (C=O) groups excluding carboxylic acids is 3. The van der Waals surface area contributed by atoms with Crippen molar-refractivity contribution in [2.75, 3.05) is 13.1 Å². The van der Waals surface area contributed by atoms with Crippen LogP contribution in [0.2, 0.25) is 0 Å². The lowest BCUT2D eigenvalue weighted by Gasteiger charge is -2.45. The molecule has 1 amide bonds. The van der Waals surface area contributed by atoms with Crippen LogP contribution < -0.4 is 0 Å². The average Bonchev–Trinajstić information content (AvgIpc) is 2.75. The minimum atomic E-state index is -0.599. The van der Waals surface area contributed by atoms with Crippen molar-refractivity contribution in [1.29, 1.82) is 5.26 Å². The van der Waals surface area contributed by atoms with Gasteiger partial charge in [0.1, 0.15) is 17.3 Å². The van der Waals surface area contributed by atoms with E-state index in [2.05, 4.69) is 24.9 Å². The van der Waals surface area contributed by atoms with Gasteiger partial charge in [-0.15, -0.1) is 0 Å². The number of allylic oxidation sites excluding steroid dienone is 4. The summed E-state index contributed by atoms with van der Waals surface area (Å²) in [6.45, 7) is 7.20. The Morgan fingerprint density at radius 1 is 1.19 bits per heavy atom. The van der Waals surface area contributed by atoms with Gasteiger partial charge in [0.05, 0.1) is 17.6 Å². The number of hydrogen-bond donors (Lipinski definition) is 0. The maximum atomic E-state index is 13.3. The van der Waals surface area contributed by atoms with Crippen molar-refractivity contribution in [1.82, 2.24) is 9.88 Å². The van der Waals surface area contributed by atoms with Gasteiger partial charge in [0.2, 0.25) is 0 Å². The summed E-state index contributed by atoms with van der Waals surface area (Å²) in [5.41, 5.74) is 3.68. The molecule has 3 aliphatic rings. The highest BCUT2D eigenvalue weighted by Crippen LogP contribution is 2.47. The van der Waals surface area contributed by atoms with Gasteiger partial charge in [0.15, 0.2) is 0 Å². The molecular weight excluding hydrogens is 402 g/mol. The van der Waals surface area contributed by atoms with E-state index in [0.29, 0.717) is 44.3 Å². The van der Waals surface area contributed by atoms with Crippen molar-refractivity contribution < 1.29 is 14.4 Å². The van der Waals surface area contributed by atoms with Crippen LogP contribution in [-0.2, 0) is 9.59 Å². The smallest absolute Gasteiger partial charge is 0.272 e. The first kappa shape index (κ1) is 22.1. The number of rotatable bonds is 2. The van der Waals surface area contributed by atoms with Crippen molar-refractivity contribution in [2.24, 2.45) is 17.3 Å². The molecule has 0 bridgehead atoms. The lowest BCUT2D eigenvalue weighted by Crippen LogP contribution is -2.49. The second-order valence-electron chi connectivity index (χ2n) is 9.79. The number of pyridine rings is 1. The van der Waals surface area contributed by atoms with Crippen molar-refractivity contribution in [3.8, 4) is 6.07 Å². The van der Waals surface area contributed by atoms with Gasteiger partial charge in [-0.3, -0.25) is 19.4 Å². The van der Waals surface area contributed by atoms with Crippen LogP contribution in [0, 0.1) is 28.6 Å². The summed E-state index contributed by atoms with van der Waals surface area (Å²) in [7, 11) is 0. The first-order chi connectivity index (χ1) is 15.2. The molecule has 1 spiro atoms. The zero-order chi connectivity index (χ0) is 23.0. The van der Waals surface area contributed by atoms with Crippen LogP contribution >= 0.6 is 0 Å². The van der Waals surface area contributed by atoms with Gasteiger partial charge >= 0.3 is 0 Å². The Morgan fingerprint density at radius 2 is 1.84 bits per heavy atom. The van der Waals surface area contributed by atoms with Crippen LogP contribution in [-0.4, -0.2) is 40.4 Å². The van der Waals surface area contributed by atoms with Crippen molar-refractivity contribution in [2.45, 2.75) is 52.9 Å². The molecule has 1 aromatic heterocycles. The number of likely N-dealkylation sites (tertiary alicyclic amines) is 1. The number of nitrogens with zero attached hydrogens (tertiary/aromatic N) is 3. The quantitative estimate of drug-likeness (QED) is 0.660. The molecule has 2 heterocycles. The fourth-order valence-corrected chi connectivity index (χ4v) is 5.85. The molecule has 2 aliphatic carbocycles. The molecule has 0 radical (unpaired) electrons. The maximum Gasteiger partial charge on any atom is 0.272 e. The van der Waals surface area contributed by atoms with E-state index in [4.69, 9.17) is 5.26 Å². The molecule has 1 unspecified atom stereocenters. The Labute approximate surface area is 189 Å². The summed E-state index contributed by atoms with van der Waals surface area (Å²) in [5, 5.41) is 9.06. The molecule has 4 rings (SSSR count). The predicted molar refractivity (Wildman–Crippen MR) is 119 cm³/mol. The summed E-state index contributed by atoms with van der Waals surface area (Å²) in [5.74, 6) is -0.514. The summed E-state index contributed by atoms with van der Waals surface area (Å²) >= 11 is 0. The normalized spacial score (nSPS) is 23.9. The summed E-state index contributed by atoms with van der Waals surface area (Å²) in [4.78, 5) is 45.2. The van der Waals surface area contributed by atoms with Crippen molar-refractivity contribution in [3.05, 3.63) is 52.4 Å². The largest absolute Gasteiger partial charge is 0.337 e. The highest BCUT2D eigenvalue weighted by Gasteiger charge is 2.48. The van der Waals surface area contributed by atoms with Crippen LogP contribution in [0.25, 0.3) is 0 Å². The molecule has 6 heteroatoms. The number of Topliss-reactive ketones (excluding diaryl/α,β-unsaturated/α-hetero) is 2. The van der Waals surface area contributed by atoms with E-state index in [-0.39, 0.29) is 34.5 Å². The molecule has 1 atom stereocenters. The number of amides is 1. The first-order valence-electron chi connectivity index (χ1n) is 11.3. The molecule has 0 N–H and O–H groups in total. The Morgan fingerprint density at radius 3 is 2.44 bits per heavy atom. The molecule has 32 heavy (non-hydrogen) atoms. The fraction of sp³-hybridized carbons (Fsp3) is 0.500. The zero-order valence-electron chi connectivity index (χ0n) is 19.0. The summed E-state index contributed by atoms with van der Waals surface area (Å²) < 4.78 is 0. The molecule has 166 valence electrons. The third kappa shape index (κ3) is 4.04. The number of ketones is 2. The molecule has 1 aromatic rings. The predicted octanol–water partition coefficient (Wildman–Crippen LogP) is 4.03. The van der Waals surface area contributed by atoms with E-state index in [1.807, 2.05) is 13.0 Å². The molecule has 6 nitrogen and oxygen atoms in total. The van der Waals surface area contributed by atoms with Gasteiger partial charge in [0, 0.05) is 32.1 Å². The van der Waals surface area contributed by atoms with Crippen LogP contribution in [0.5, 0.6) is 0 Å². The van der Waals surface area contributed by atoms with E-state index in [0.717, 1.165) is 17.6 Å². The fourth-order valence-electron chi connectivity index (χ4n) is 5.85. The Hall–Kier alpha value is -3.07. The Balaban J connectivity index is 1.46. The van der Waals surface area contributed by atoms with Gasteiger partial charge < -0.3 is 4.90 Å². The van der Waals surface area contributed by atoms with E-state index in [1.165, 1.54) is 17.8 Å². The zero-order valence-corrected chi connectivity index (χ0v) is 19.0. The summed E-state index contributed by atoms with van der Waals surface area (Å²) in [6.07, 6.45) is 6.54. The van der Waals surface area contributed by atoms with Crippen molar-refractivity contribution in [3.63, 3.8) is 0 Å². The molecule has 1 saturated carbocycles. The molecule has 1 saturated heterocycles. The highest BCUT2D eigenvalue weighted by atomic mass is 16.2. The van der Waals surface area contributed by atoms with Gasteiger partial charge in [-0.25, -0.2) is 0 Å². The topological polar surface area (TPSA) is 91.1 Å². The van der Waals surface area contributed by atoms with E-state index in [1.54, 1.807) is 11.0 Å². The standard InChI is InChI=1S/C26H29N3O3/c1-16-10-17(2)23(18(3)11-16)24-21(30)13-26(14-22(24)31)5-8-29(9-6-26)25(32)20-12-19(15-27)4-7-28-20/h4,7,10,12,18,24H,5-6,8-9,11,13-14H2,1-3H3. The minimum Gasteiger partial charge on any atom is -0.337 e. The van der Waals surface area contributed by atoms with Gasteiger partial charge in [-0.2, -0.15) is 5.26 Å². The number of nitriles is 1. The number of hydrogen-bond acceptors (Lipinski definition) is 5. The second-order valence-corrected chi connectivity index (χ2v) is 9.79. The first-order valence-corrected chi connectivity index (χ1v) is 11.3. The average molecular weight is 432 g/mol. The highest BCUT2D eigenvalue weighted by molar-refractivity contribution is 6.08. The van der Waals surface area contributed by atoms with Crippen LogP contribution in [0.4, 0.5) is 0 Å². The third-order valence-corrected chi connectivity index (χ3v) is 7.35. The SMILES string of the molecule is CC1=CC(C)=C(C2C(=O)CC3(CCN(C(=O)c4cc(C#N)ccn4)CC3)CC2=O)C(C)C1. The van der Waals surface area contributed by atoms with Gasteiger partial charge in [-0.05, 0) is 62.1 Å². The second kappa shape index (κ2) is 8.46. The Bertz CT molecular complexity index is 1060. The maximum absolute atomic E-state index is 13.3. The van der Waals surface area contributed by atoms with E-state index >= 15 is 0 Å². The number of piperidine rings is 1. The molecule has 1 aliphatic heterocycles. The van der Waals surface area contributed by atoms with E-state index < -0.39 is 5.92 Å². The monoisotopic (exact) mass is 431 g/mol. The van der Waals surface area contributed by atoms with Gasteiger partial charge in [0.25, 0.3) is 5.91 Å². The number of carbonyl (C=O) groups is 3. The molecular formula is C26H29N3O3. The van der Waals surface area contributed by atoms with Crippen LogP contribution in [0.3, 0.4) is 0 Å². The lowest BCUT2D eigenvalue weighted by atomic mass is 9.61. The van der Waals surface area contributed by atoms with Crippen LogP contribution in [0.15, 0.2) is 41.1 Å². The van der Waals surface area contributed by atoms with Crippen LogP contribution in [0.1, 0.15) is 68.9 Å². The van der Waals surface area contributed by atoms with E-state index in [9.17, 15) is 14.4 Å². The van der Waals surface area contributed by atoms with Gasteiger partial charge in [-0.1, -0.05) is 24.1 Å². The number of aromatic nitrogens is 1. The third-order valence-electron chi connectivity index (χ3n) is 7.35. The minimum absolute atomic E-state index is 0.0403. The van der Waals surface area contributed by atoms with Crippen molar-refractivity contribution >= 4 is 17.5 Å². The summed E-state index contributed by atoms with van der Waals surface area (Å²) in [6, 6.07) is 5.10. The molecule has 2 fully saturated rings.